The van der Waals surface area contributed by atoms with E-state index in [2.05, 4.69) is 13.1 Å². The minimum Gasteiger partial charge on any atom is -0.358 e. The van der Waals surface area contributed by atoms with Gasteiger partial charge in [0, 0.05) is 9.52 Å². The Kier molecular flexibility index (Phi) is 96.4. The van der Waals surface area contributed by atoms with Crippen molar-refractivity contribution >= 4 is 9.52 Å². The zero-order chi connectivity index (χ0) is 9.78. The molecule has 0 heterocycles. The first-order chi connectivity index (χ1) is 6.41. The van der Waals surface area contributed by atoms with Crippen LogP contribution in [0.2, 0.25) is 13.1 Å². The van der Waals surface area contributed by atoms with E-state index < -0.39 is 0 Å². The average molecular weight is 344 g/mol. The van der Waals surface area contributed by atoms with E-state index in [4.69, 9.17) is 0 Å². The zero-order valence-corrected chi connectivity index (χ0v) is 17.4. The summed E-state index contributed by atoms with van der Waals surface area (Å²) in [6, 6.07) is 20.0. The van der Waals surface area contributed by atoms with Crippen molar-refractivity contribution in [2.45, 2.75) is 13.1 Å². The molecule has 0 nitrogen and oxygen atoms in total. The fraction of sp³-hybridized carbons (Fsp3) is 0.125. The smallest absolute Gasteiger partial charge is 0.358 e. The van der Waals surface area contributed by atoms with Gasteiger partial charge < -0.3 is 29.7 Å². The summed E-state index contributed by atoms with van der Waals surface area (Å²) in [4.78, 5) is 0. The molecule has 0 atom stereocenters. The first-order valence-electron chi connectivity index (χ1n) is 4.33. The van der Waals surface area contributed by atoms with E-state index in [1.54, 1.807) is 0 Å². The largest absolute Gasteiger partial charge is 3.00 e. The summed E-state index contributed by atoms with van der Waals surface area (Å²) >= 11 is 0. The predicted molar refractivity (Wildman–Crippen MR) is 87.2 cm³/mol. The topological polar surface area (TPSA) is 0 Å². The Bertz CT molecular complexity index is 166. The maximum absolute atomic E-state index is 2.15. The van der Waals surface area contributed by atoms with E-state index in [9.17, 15) is 0 Å². The minimum absolute atomic E-state index is 0. The molecule has 2 aromatic carbocycles. The molecule has 0 aliphatic carbocycles. The van der Waals surface area contributed by atoms with Gasteiger partial charge in [-0.15, -0.1) is 0 Å². The Morgan fingerprint density at radius 2 is 0.737 bits per heavy atom. The van der Waals surface area contributed by atoms with Gasteiger partial charge in [0.15, 0.2) is 0 Å². The summed E-state index contributed by atoms with van der Waals surface area (Å²) in [6.45, 7) is 4.31. The molecule has 2 rings (SSSR count). The second kappa shape index (κ2) is 42.9. The van der Waals surface area contributed by atoms with Gasteiger partial charge in [-0.3, -0.25) is 0 Å². The molecule has 0 saturated heterocycles. The van der Waals surface area contributed by atoms with Crippen molar-refractivity contribution in [2.24, 2.45) is 0 Å². The Balaban J connectivity index is -0.0000000201. The SMILES string of the molecule is C[Si]C.[CH3-].[CH3-].[CH3-].[CH3-].[Ti+3].[Ti+3].c1cc[cH-]c1.c1cc[cH-]c1. The monoisotopic (exact) mass is 344 g/mol. The molecule has 104 valence electrons. The van der Waals surface area contributed by atoms with Gasteiger partial charge in [-0.05, 0) is 0 Å². The molecule has 0 unspecified atom stereocenters. The standard InChI is InChI=1S/2C5H5.C2H6Si.4CH3.2Ti/c2*1-2-4-5-3-1;1-3-2;;;;;;/h2*1-5H;1-2H3;4*1H3;;/q2*-1;;4*-1;2*+3. The summed E-state index contributed by atoms with van der Waals surface area (Å²) < 4.78 is 0. The zero-order valence-electron chi connectivity index (χ0n) is 13.3. The molecule has 3 heteroatoms. The summed E-state index contributed by atoms with van der Waals surface area (Å²) in [5.41, 5.74) is 0. The van der Waals surface area contributed by atoms with Crippen LogP contribution < -0.4 is 0 Å². The van der Waals surface area contributed by atoms with Gasteiger partial charge in [0.1, 0.15) is 0 Å². The van der Waals surface area contributed by atoms with Gasteiger partial charge in [-0.1, -0.05) is 13.1 Å². The van der Waals surface area contributed by atoms with Gasteiger partial charge in [0.2, 0.25) is 0 Å². The Labute approximate surface area is 155 Å². The van der Waals surface area contributed by atoms with Crippen molar-refractivity contribution in [3.63, 3.8) is 0 Å². The fourth-order valence-electron chi connectivity index (χ4n) is 0.642. The van der Waals surface area contributed by atoms with Crippen molar-refractivity contribution in [1.82, 2.24) is 0 Å². The molecule has 4 radical (unpaired) electrons. The van der Waals surface area contributed by atoms with Crippen molar-refractivity contribution in [1.29, 1.82) is 0 Å². The van der Waals surface area contributed by atoms with Crippen LogP contribution in [-0.4, -0.2) is 9.52 Å². The third kappa shape index (κ3) is 45.8. The van der Waals surface area contributed by atoms with Crippen LogP contribution in [0.5, 0.6) is 0 Å². The van der Waals surface area contributed by atoms with Gasteiger partial charge in [-0.25, -0.2) is 24.3 Å². The van der Waals surface area contributed by atoms with Gasteiger partial charge in [-0.2, -0.15) is 36.4 Å². The van der Waals surface area contributed by atoms with Crippen LogP contribution in [0.25, 0.3) is 0 Å². The molecular weight excluding hydrogens is 316 g/mol. The Hall–Kier alpha value is 0.345. The molecule has 0 aliphatic rings. The van der Waals surface area contributed by atoms with Crippen molar-refractivity contribution in [3.05, 3.63) is 90.4 Å². The Morgan fingerprint density at radius 3 is 0.789 bits per heavy atom. The van der Waals surface area contributed by atoms with Crippen LogP contribution in [0.15, 0.2) is 60.7 Å². The van der Waals surface area contributed by atoms with E-state index in [0.717, 1.165) is 9.52 Å². The van der Waals surface area contributed by atoms with Crippen LogP contribution in [0.3, 0.4) is 0 Å². The summed E-state index contributed by atoms with van der Waals surface area (Å²) in [6.07, 6.45) is 0. The molecule has 2 aromatic rings. The van der Waals surface area contributed by atoms with E-state index >= 15 is 0 Å². The normalized spacial score (nSPS) is 5.16. The van der Waals surface area contributed by atoms with Crippen molar-refractivity contribution in [2.75, 3.05) is 0 Å². The molecule has 0 spiro atoms. The number of hydrogen-bond acceptors (Lipinski definition) is 0. The quantitative estimate of drug-likeness (QED) is 0.444. The van der Waals surface area contributed by atoms with Gasteiger partial charge in [0.05, 0.1) is 0 Å². The van der Waals surface area contributed by atoms with Crippen LogP contribution >= 0.6 is 0 Å². The molecular formula is C16H28SiTi2. The van der Waals surface area contributed by atoms with Gasteiger partial charge >= 0.3 is 43.4 Å². The molecule has 0 aromatic heterocycles. The molecule has 19 heavy (non-hydrogen) atoms. The summed E-state index contributed by atoms with van der Waals surface area (Å²) in [7, 11) is 1.08. The summed E-state index contributed by atoms with van der Waals surface area (Å²) in [5, 5.41) is 0. The van der Waals surface area contributed by atoms with E-state index in [1.165, 1.54) is 0 Å². The molecule has 0 fully saturated rings. The van der Waals surface area contributed by atoms with Gasteiger partial charge in [0.25, 0.3) is 0 Å². The van der Waals surface area contributed by atoms with Crippen molar-refractivity contribution in [3.8, 4) is 0 Å². The van der Waals surface area contributed by atoms with Crippen LogP contribution in [0.4, 0.5) is 0 Å². The van der Waals surface area contributed by atoms with E-state index in [1.807, 2.05) is 60.7 Å². The fourth-order valence-corrected chi connectivity index (χ4v) is 0.642. The van der Waals surface area contributed by atoms with E-state index in [-0.39, 0.29) is 73.1 Å². The second-order valence-electron chi connectivity index (χ2n) is 2.42. The number of rotatable bonds is 0. The molecule has 0 saturated carbocycles. The summed E-state index contributed by atoms with van der Waals surface area (Å²) in [5.74, 6) is 0. The molecule has 0 N–H and O–H groups in total. The average Bonchev–Trinajstić information content (AvgIpc) is 2.85. The third-order valence-corrected chi connectivity index (χ3v) is 1.11. The van der Waals surface area contributed by atoms with Crippen LogP contribution in [-0.2, 0) is 43.4 Å². The molecule has 0 amide bonds. The van der Waals surface area contributed by atoms with Crippen molar-refractivity contribution < 1.29 is 43.4 Å². The molecule has 0 bridgehead atoms. The maximum atomic E-state index is 2.15. The van der Waals surface area contributed by atoms with Crippen LogP contribution in [0, 0.1) is 29.7 Å². The van der Waals surface area contributed by atoms with E-state index in [0.29, 0.717) is 0 Å². The molecule has 0 aliphatic heterocycles. The Morgan fingerprint density at radius 1 is 0.579 bits per heavy atom. The number of hydrogen-bond donors (Lipinski definition) is 0. The first kappa shape index (κ1) is 42.7. The third-order valence-electron chi connectivity index (χ3n) is 1.11. The minimum atomic E-state index is 0. The second-order valence-corrected chi connectivity index (χ2v) is 3.42. The maximum Gasteiger partial charge on any atom is 3.00 e. The van der Waals surface area contributed by atoms with Crippen LogP contribution in [0.1, 0.15) is 0 Å². The predicted octanol–water partition coefficient (Wildman–Crippen LogP) is 5.39. The first-order valence-corrected chi connectivity index (χ1v) is 6.33.